The molecule has 2 unspecified atom stereocenters. The molecule has 0 spiro atoms. The van der Waals surface area contributed by atoms with Gasteiger partial charge < -0.3 is 10.2 Å². The Bertz CT molecular complexity index is 458. The minimum Gasteiger partial charge on any atom is -0.333 e. The molecule has 19 heavy (non-hydrogen) atoms. The summed E-state index contributed by atoms with van der Waals surface area (Å²) in [6.07, 6.45) is 4.87. The van der Waals surface area contributed by atoms with Crippen LogP contribution in [0.2, 0.25) is 0 Å². The Balaban J connectivity index is 1.79. The maximum absolute atomic E-state index is 12.6. The highest BCUT2D eigenvalue weighted by Crippen LogP contribution is 2.26. The third-order valence-electron chi connectivity index (χ3n) is 4.24. The van der Waals surface area contributed by atoms with Gasteiger partial charge in [-0.2, -0.15) is 0 Å². The van der Waals surface area contributed by atoms with E-state index in [1.807, 2.05) is 24.3 Å². The van der Waals surface area contributed by atoms with Crippen molar-refractivity contribution in [2.75, 3.05) is 13.1 Å². The van der Waals surface area contributed by atoms with Crippen molar-refractivity contribution in [1.29, 1.82) is 0 Å². The van der Waals surface area contributed by atoms with Gasteiger partial charge in [0.15, 0.2) is 0 Å². The highest BCUT2D eigenvalue weighted by Gasteiger charge is 2.35. The maximum Gasteiger partial charge on any atom is 0.254 e. The van der Waals surface area contributed by atoms with Gasteiger partial charge in [-0.15, -0.1) is 0 Å². The molecule has 102 valence electrons. The summed E-state index contributed by atoms with van der Waals surface area (Å²) in [5.74, 6) is 0.186. The smallest absolute Gasteiger partial charge is 0.254 e. The van der Waals surface area contributed by atoms with Gasteiger partial charge in [0.05, 0.1) is 0 Å². The Morgan fingerprint density at radius 2 is 1.95 bits per heavy atom. The molecule has 0 bridgehead atoms. The summed E-state index contributed by atoms with van der Waals surface area (Å²) in [5, 5.41) is 3.57. The summed E-state index contributed by atoms with van der Waals surface area (Å²) in [6.45, 7) is 1.75. The molecule has 0 radical (unpaired) electrons. The van der Waals surface area contributed by atoms with Crippen LogP contribution in [0.1, 0.15) is 36.0 Å². The zero-order chi connectivity index (χ0) is 13.2. The number of amides is 1. The lowest BCUT2D eigenvalue weighted by atomic mass is 9.87. The SMILES string of the molecule is O=C(c1ccc(Br)cc1)N1CCNC2CCCCC21. The largest absolute Gasteiger partial charge is 0.333 e. The Kier molecular flexibility index (Phi) is 3.89. The molecule has 2 atom stereocenters. The van der Waals surface area contributed by atoms with E-state index < -0.39 is 0 Å². The second-order valence-electron chi connectivity index (χ2n) is 5.42. The predicted octanol–water partition coefficient (Wildman–Crippen LogP) is 2.81. The Morgan fingerprint density at radius 3 is 2.74 bits per heavy atom. The van der Waals surface area contributed by atoms with Crippen LogP contribution in [0.5, 0.6) is 0 Å². The van der Waals surface area contributed by atoms with Crippen LogP contribution in [0.4, 0.5) is 0 Å². The molecule has 1 aliphatic carbocycles. The van der Waals surface area contributed by atoms with Crippen molar-refractivity contribution >= 4 is 21.8 Å². The molecule has 1 heterocycles. The normalized spacial score (nSPS) is 26.9. The van der Waals surface area contributed by atoms with Gasteiger partial charge in [-0.25, -0.2) is 0 Å². The van der Waals surface area contributed by atoms with E-state index in [2.05, 4.69) is 26.1 Å². The summed E-state index contributed by atoms with van der Waals surface area (Å²) in [6, 6.07) is 8.58. The average molecular weight is 323 g/mol. The van der Waals surface area contributed by atoms with Crippen LogP contribution in [0.15, 0.2) is 28.7 Å². The number of piperazine rings is 1. The van der Waals surface area contributed by atoms with Gasteiger partial charge >= 0.3 is 0 Å². The molecule has 3 rings (SSSR count). The van der Waals surface area contributed by atoms with E-state index in [0.29, 0.717) is 12.1 Å². The number of fused-ring (bicyclic) bond motifs is 1. The van der Waals surface area contributed by atoms with Gasteiger partial charge in [-0.05, 0) is 37.1 Å². The van der Waals surface area contributed by atoms with E-state index in [0.717, 1.165) is 29.5 Å². The fraction of sp³-hybridized carbons (Fsp3) is 0.533. The van der Waals surface area contributed by atoms with Crippen molar-refractivity contribution in [3.63, 3.8) is 0 Å². The van der Waals surface area contributed by atoms with Crippen molar-refractivity contribution in [2.24, 2.45) is 0 Å². The number of benzene rings is 1. The topological polar surface area (TPSA) is 32.3 Å². The lowest BCUT2D eigenvalue weighted by Gasteiger charge is -2.44. The number of hydrogen-bond acceptors (Lipinski definition) is 2. The number of carbonyl (C=O) groups is 1. The molecule has 1 saturated heterocycles. The number of carbonyl (C=O) groups excluding carboxylic acids is 1. The van der Waals surface area contributed by atoms with Crippen molar-refractivity contribution in [3.05, 3.63) is 34.3 Å². The van der Waals surface area contributed by atoms with Crippen LogP contribution in [0, 0.1) is 0 Å². The van der Waals surface area contributed by atoms with Crippen molar-refractivity contribution in [1.82, 2.24) is 10.2 Å². The van der Waals surface area contributed by atoms with E-state index in [1.54, 1.807) is 0 Å². The molecule has 1 saturated carbocycles. The molecule has 2 fully saturated rings. The van der Waals surface area contributed by atoms with Crippen LogP contribution < -0.4 is 5.32 Å². The van der Waals surface area contributed by atoms with Gasteiger partial charge in [0.2, 0.25) is 0 Å². The second kappa shape index (κ2) is 5.63. The summed E-state index contributed by atoms with van der Waals surface area (Å²) in [4.78, 5) is 14.7. The molecule has 1 amide bonds. The number of rotatable bonds is 1. The first-order chi connectivity index (χ1) is 9.25. The summed E-state index contributed by atoms with van der Waals surface area (Å²) >= 11 is 3.41. The van der Waals surface area contributed by atoms with E-state index in [9.17, 15) is 4.79 Å². The summed E-state index contributed by atoms with van der Waals surface area (Å²) in [7, 11) is 0. The number of nitrogens with zero attached hydrogens (tertiary/aromatic N) is 1. The number of hydrogen-bond donors (Lipinski definition) is 1. The standard InChI is InChI=1S/C15H19BrN2O/c16-12-7-5-11(6-8-12)15(19)18-10-9-17-13-3-1-2-4-14(13)18/h5-8,13-14,17H,1-4,9-10H2. The zero-order valence-electron chi connectivity index (χ0n) is 10.9. The molecule has 0 aromatic heterocycles. The van der Waals surface area contributed by atoms with Crippen molar-refractivity contribution in [3.8, 4) is 0 Å². The van der Waals surface area contributed by atoms with Crippen LogP contribution >= 0.6 is 15.9 Å². The molecule has 1 aliphatic heterocycles. The first-order valence-electron chi connectivity index (χ1n) is 7.05. The summed E-state index contributed by atoms with van der Waals surface area (Å²) in [5.41, 5.74) is 0.800. The van der Waals surface area contributed by atoms with E-state index in [4.69, 9.17) is 0 Å². The van der Waals surface area contributed by atoms with Crippen LogP contribution in [0.3, 0.4) is 0 Å². The van der Waals surface area contributed by atoms with Crippen LogP contribution in [-0.4, -0.2) is 36.0 Å². The average Bonchev–Trinajstić information content (AvgIpc) is 2.47. The Hall–Kier alpha value is -0.870. The first-order valence-corrected chi connectivity index (χ1v) is 7.85. The lowest BCUT2D eigenvalue weighted by Crippen LogP contribution is -2.60. The van der Waals surface area contributed by atoms with Gasteiger partial charge in [-0.3, -0.25) is 4.79 Å². The molecule has 4 heteroatoms. The Morgan fingerprint density at radius 1 is 1.21 bits per heavy atom. The third kappa shape index (κ3) is 2.70. The Labute approximate surface area is 122 Å². The molecule has 1 aromatic rings. The summed E-state index contributed by atoms with van der Waals surface area (Å²) < 4.78 is 1.01. The highest BCUT2D eigenvalue weighted by atomic mass is 79.9. The fourth-order valence-electron chi connectivity index (χ4n) is 3.27. The minimum atomic E-state index is 0.186. The highest BCUT2D eigenvalue weighted by molar-refractivity contribution is 9.10. The molecule has 1 aromatic carbocycles. The monoisotopic (exact) mass is 322 g/mol. The van der Waals surface area contributed by atoms with Gasteiger partial charge in [-0.1, -0.05) is 28.8 Å². The molecular weight excluding hydrogens is 304 g/mol. The van der Waals surface area contributed by atoms with Crippen molar-refractivity contribution < 1.29 is 4.79 Å². The molecule has 3 nitrogen and oxygen atoms in total. The minimum absolute atomic E-state index is 0.186. The van der Waals surface area contributed by atoms with E-state index in [1.165, 1.54) is 19.3 Å². The first kappa shape index (κ1) is 13.1. The quantitative estimate of drug-likeness (QED) is 0.862. The third-order valence-corrected chi connectivity index (χ3v) is 4.77. The van der Waals surface area contributed by atoms with Crippen molar-refractivity contribution in [2.45, 2.75) is 37.8 Å². The molecule has 1 N–H and O–H groups in total. The van der Waals surface area contributed by atoms with Crippen LogP contribution in [-0.2, 0) is 0 Å². The number of halogens is 1. The fourth-order valence-corrected chi connectivity index (χ4v) is 3.53. The van der Waals surface area contributed by atoms with Crippen LogP contribution in [0.25, 0.3) is 0 Å². The maximum atomic E-state index is 12.6. The van der Waals surface area contributed by atoms with E-state index in [-0.39, 0.29) is 5.91 Å². The number of nitrogens with one attached hydrogen (secondary N) is 1. The van der Waals surface area contributed by atoms with E-state index >= 15 is 0 Å². The second-order valence-corrected chi connectivity index (χ2v) is 6.33. The van der Waals surface area contributed by atoms with Gasteiger partial charge in [0, 0.05) is 35.2 Å². The van der Waals surface area contributed by atoms with Gasteiger partial charge in [0.25, 0.3) is 5.91 Å². The lowest BCUT2D eigenvalue weighted by molar-refractivity contribution is 0.0489. The molecule has 2 aliphatic rings. The molecular formula is C15H19BrN2O. The van der Waals surface area contributed by atoms with Gasteiger partial charge in [0.1, 0.15) is 0 Å². The zero-order valence-corrected chi connectivity index (χ0v) is 12.5. The predicted molar refractivity (Wildman–Crippen MR) is 79.2 cm³/mol.